The first-order valence-corrected chi connectivity index (χ1v) is 6.82. The largest absolute Gasteiger partial charge is 0.352 e. The molecule has 0 aliphatic rings. The van der Waals surface area contributed by atoms with Crippen molar-refractivity contribution >= 4 is 16.9 Å². The minimum absolute atomic E-state index is 0.137. The van der Waals surface area contributed by atoms with Crippen LogP contribution >= 0.6 is 0 Å². The number of fused-ring (bicyclic) bond motifs is 1. The van der Waals surface area contributed by atoms with Crippen LogP contribution < -0.4 is 11.0 Å². The van der Waals surface area contributed by atoms with E-state index in [1.165, 1.54) is 12.1 Å². The van der Waals surface area contributed by atoms with Gasteiger partial charge in [0.05, 0.1) is 17.5 Å². The third-order valence-corrected chi connectivity index (χ3v) is 3.35. The number of halogens is 1. The number of hydrogen-bond acceptors (Lipinski definition) is 2. The predicted octanol–water partition coefficient (Wildman–Crippen LogP) is 1.85. The lowest BCUT2D eigenvalue weighted by Gasteiger charge is -2.06. The number of carbonyl (C=O) groups excluding carboxylic acids is 1. The molecule has 0 spiro atoms. The second kappa shape index (κ2) is 5.85. The molecule has 0 atom stereocenters. The maximum Gasteiger partial charge on any atom is 0.323 e. The number of imidazole rings is 1. The Balaban J connectivity index is 1.62. The Hall–Kier alpha value is -2.89. The first-order valence-electron chi connectivity index (χ1n) is 6.82. The van der Waals surface area contributed by atoms with E-state index in [0.717, 1.165) is 11.1 Å². The summed E-state index contributed by atoms with van der Waals surface area (Å²) in [5.41, 5.74) is 2.75. The fourth-order valence-corrected chi connectivity index (χ4v) is 2.24. The molecule has 3 aromatic rings. The fraction of sp³-hybridized carbons (Fsp3) is 0.125. The summed E-state index contributed by atoms with van der Waals surface area (Å²) in [5, 5.41) is 2.78. The van der Waals surface area contributed by atoms with E-state index in [4.69, 9.17) is 0 Å². The van der Waals surface area contributed by atoms with Gasteiger partial charge in [0.15, 0.2) is 0 Å². The summed E-state index contributed by atoms with van der Waals surface area (Å²) in [4.78, 5) is 28.4. The zero-order chi connectivity index (χ0) is 15.5. The Kier molecular flexibility index (Phi) is 3.74. The molecule has 112 valence electrons. The van der Waals surface area contributed by atoms with Gasteiger partial charge in [-0.2, -0.15) is 0 Å². The van der Waals surface area contributed by atoms with Crippen molar-refractivity contribution in [1.29, 1.82) is 0 Å². The fourth-order valence-electron chi connectivity index (χ4n) is 2.24. The van der Waals surface area contributed by atoms with E-state index in [1.807, 2.05) is 0 Å². The Morgan fingerprint density at radius 1 is 1.00 bits per heavy atom. The van der Waals surface area contributed by atoms with Crippen LogP contribution in [0.3, 0.4) is 0 Å². The summed E-state index contributed by atoms with van der Waals surface area (Å²) in [7, 11) is 0. The second-order valence-corrected chi connectivity index (χ2v) is 5.04. The lowest BCUT2D eigenvalue weighted by Crippen LogP contribution is -2.24. The SMILES string of the molecule is O=C(Cc1ccc2[nH]c(=O)[nH]c2c1)NCc1ccc(F)cc1. The van der Waals surface area contributed by atoms with Crippen molar-refractivity contribution < 1.29 is 9.18 Å². The second-order valence-electron chi connectivity index (χ2n) is 5.04. The molecule has 3 rings (SSSR count). The van der Waals surface area contributed by atoms with Gasteiger partial charge in [-0.15, -0.1) is 0 Å². The van der Waals surface area contributed by atoms with Crippen molar-refractivity contribution in [2.75, 3.05) is 0 Å². The summed E-state index contributed by atoms with van der Waals surface area (Å²) < 4.78 is 12.8. The number of rotatable bonds is 4. The molecule has 6 heteroatoms. The number of aromatic amines is 2. The summed E-state index contributed by atoms with van der Waals surface area (Å²) >= 11 is 0. The summed E-state index contributed by atoms with van der Waals surface area (Å²) in [6.07, 6.45) is 0.213. The summed E-state index contributed by atoms with van der Waals surface area (Å²) in [6, 6.07) is 11.3. The Labute approximate surface area is 125 Å². The van der Waals surface area contributed by atoms with Gasteiger partial charge in [-0.05, 0) is 35.4 Å². The van der Waals surface area contributed by atoms with Crippen molar-refractivity contribution in [2.24, 2.45) is 0 Å². The number of carbonyl (C=O) groups is 1. The predicted molar refractivity (Wildman–Crippen MR) is 80.9 cm³/mol. The molecule has 22 heavy (non-hydrogen) atoms. The van der Waals surface area contributed by atoms with Crippen LogP contribution in [0.2, 0.25) is 0 Å². The molecule has 1 heterocycles. The molecule has 0 fully saturated rings. The van der Waals surface area contributed by atoms with E-state index < -0.39 is 0 Å². The number of hydrogen-bond donors (Lipinski definition) is 3. The van der Waals surface area contributed by atoms with Crippen molar-refractivity contribution in [3.8, 4) is 0 Å². The van der Waals surface area contributed by atoms with Crippen LogP contribution in [0.5, 0.6) is 0 Å². The molecule has 0 bridgehead atoms. The van der Waals surface area contributed by atoms with Crippen LogP contribution in [-0.2, 0) is 17.8 Å². The summed E-state index contributed by atoms with van der Waals surface area (Å²) in [6.45, 7) is 0.350. The van der Waals surface area contributed by atoms with Crippen molar-refractivity contribution in [2.45, 2.75) is 13.0 Å². The molecule has 1 amide bonds. The highest BCUT2D eigenvalue weighted by atomic mass is 19.1. The maximum absolute atomic E-state index is 12.8. The lowest BCUT2D eigenvalue weighted by atomic mass is 10.1. The van der Waals surface area contributed by atoms with E-state index in [0.29, 0.717) is 17.6 Å². The molecule has 5 nitrogen and oxygen atoms in total. The lowest BCUT2D eigenvalue weighted by molar-refractivity contribution is -0.120. The third-order valence-electron chi connectivity index (χ3n) is 3.35. The van der Waals surface area contributed by atoms with Crippen molar-refractivity contribution in [3.05, 3.63) is 69.9 Å². The van der Waals surface area contributed by atoms with Crippen LogP contribution in [0.15, 0.2) is 47.3 Å². The number of benzene rings is 2. The van der Waals surface area contributed by atoms with Gasteiger partial charge in [0.2, 0.25) is 5.91 Å². The van der Waals surface area contributed by atoms with Gasteiger partial charge in [0, 0.05) is 6.54 Å². The molecule has 0 aliphatic heterocycles. The van der Waals surface area contributed by atoms with E-state index in [9.17, 15) is 14.0 Å². The van der Waals surface area contributed by atoms with Gasteiger partial charge < -0.3 is 15.3 Å². The first-order chi connectivity index (χ1) is 10.6. The smallest absolute Gasteiger partial charge is 0.323 e. The molecule has 3 N–H and O–H groups in total. The van der Waals surface area contributed by atoms with Gasteiger partial charge >= 0.3 is 5.69 Å². The molecule has 2 aromatic carbocycles. The van der Waals surface area contributed by atoms with Crippen LogP contribution in [0.1, 0.15) is 11.1 Å². The van der Waals surface area contributed by atoms with Gasteiger partial charge in [-0.1, -0.05) is 18.2 Å². The molecule has 1 aromatic heterocycles. The van der Waals surface area contributed by atoms with Gasteiger partial charge in [-0.25, -0.2) is 9.18 Å². The Bertz CT molecular complexity index is 865. The molecule has 0 saturated carbocycles. The van der Waals surface area contributed by atoms with Gasteiger partial charge in [0.25, 0.3) is 0 Å². The minimum atomic E-state index is -0.302. The standard InChI is InChI=1S/C16H14FN3O2/c17-12-4-1-10(2-5-12)9-18-15(21)8-11-3-6-13-14(7-11)20-16(22)19-13/h1-7H,8-9H2,(H,18,21)(H2,19,20,22). The average Bonchev–Trinajstić information content (AvgIpc) is 2.86. The topological polar surface area (TPSA) is 77.8 Å². The molecule has 0 saturated heterocycles. The van der Waals surface area contributed by atoms with E-state index in [2.05, 4.69) is 15.3 Å². The number of nitrogens with one attached hydrogen (secondary N) is 3. The van der Waals surface area contributed by atoms with E-state index >= 15 is 0 Å². The van der Waals surface area contributed by atoms with Gasteiger partial charge in [0.1, 0.15) is 5.82 Å². The molecule has 0 unspecified atom stereocenters. The first kappa shape index (κ1) is 14.1. The third kappa shape index (κ3) is 3.22. The maximum atomic E-state index is 12.8. The number of aromatic nitrogens is 2. The van der Waals surface area contributed by atoms with Crippen LogP contribution in [0, 0.1) is 5.82 Å². The van der Waals surface area contributed by atoms with Crippen LogP contribution in [0.4, 0.5) is 4.39 Å². The zero-order valence-electron chi connectivity index (χ0n) is 11.7. The molecular weight excluding hydrogens is 285 g/mol. The minimum Gasteiger partial charge on any atom is -0.352 e. The molecule has 0 radical (unpaired) electrons. The van der Waals surface area contributed by atoms with Crippen molar-refractivity contribution in [3.63, 3.8) is 0 Å². The van der Waals surface area contributed by atoms with E-state index in [1.54, 1.807) is 30.3 Å². The van der Waals surface area contributed by atoms with Crippen LogP contribution in [-0.4, -0.2) is 15.9 Å². The zero-order valence-corrected chi connectivity index (χ0v) is 11.7. The van der Waals surface area contributed by atoms with Crippen molar-refractivity contribution in [1.82, 2.24) is 15.3 Å². The van der Waals surface area contributed by atoms with Crippen LogP contribution in [0.25, 0.3) is 11.0 Å². The average molecular weight is 299 g/mol. The Morgan fingerprint density at radius 2 is 1.68 bits per heavy atom. The monoisotopic (exact) mass is 299 g/mol. The molecule has 0 aliphatic carbocycles. The molecular formula is C16H14FN3O2. The quantitative estimate of drug-likeness (QED) is 0.687. The number of H-pyrrole nitrogens is 2. The highest BCUT2D eigenvalue weighted by Crippen LogP contribution is 2.10. The summed E-state index contributed by atoms with van der Waals surface area (Å²) in [5.74, 6) is -0.439. The highest BCUT2D eigenvalue weighted by molar-refractivity contribution is 5.81. The number of amides is 1. The van der Waals surface area contributed by atoms with E-state index in [-0.39, 0.29) is 23.8 Å². The normalized spacial score (nSPS) is 10.8. The van der Waals surface area contributed by atoms with Gasteiger partial charge in [-0.3, -0.25) is 4.79 Å². The highest BCUT2D eigenvalue weighted by Gasteiger charge is 2.06. The Morgan fingerprint density at radius 3 is 2.45 bits per heavy atom.